The van der Waals surface area contributed by atoms with Gasteiger partial charge >= 0.3 is 0 Å². The summed E-state index contributed by atoms with van der Waals surface area (Å²) in [5.74, 6) is -0.327. The Kier molecular flexibility index (Phi) is 4.10. The van der Waals surface area contributed by atoms with Crippen LogP contribution in [-0.4, -0.2) is 22.8 Å². The Morgan fingerprint density at radius 3 is 2.57 bits per heavy atom. The number of aromatic amines is 1. The van der Waals surface area contributed by atoms with Crippen LogP contribution in [0.25, 0.3) is 11.3 Å². The van der Waals surface area contributed by atoms with Gasteiger partial charge in [0.15, 0.2) is 0 Å². The van der Waals surface area contributed by atoms with Crippen LogP contribution >= 0.6 is 0 Å². The minimum atomic E-state index is -0.393. The molecule has 2 aromatic heterocycles. The van der Waals surface area contributed by atoms with Gasteiger partial charge in [0.25, 0.3) is 11.5 Å². The Morgan fingerprint density at radius 1 is 1.13 bits per heavy atom. The van der Waals surface area contributed by atoms with E-state index in [9.17, 15) is 9.59 Å². The lowest BCUT2D eigenvalue weighted by Crippen LogP contribution is -2.31. The molecule has 3 rings (SSSR count). The first-order valence-electron chi connectivity index (χ1n) is 7.20. The first-order chi connectivity index (χ1) is 11.1. The average Bonchev–Trinajstić information content (AvgIpc) is 3.08. The van der Waals surface area contributed by atoms with E-state index in [2.05, 4.69) is 4.98 Å². The lowest BCUT2D eigenvalue weighted by molar-refractivity contribution is 0.0783. The van der Waals surface area contributed by atoms with Crippen LogP contribution in [0.15, 0.2) is 70.3 Å². The van der Waals surface area contributed by atoms with Crippen LogP contribution in [0.4, 0.5) is 0 Å². The minimum Gasteiger partial charge on any atom is -0.472 e. The molecule has 0 saturated carbocycles. The van der Waals surface area contributed by atoms with Crippen molar-refractivity contribution in [2.24, 2.45) is 0 Å². The molecule has 0 unspecified atom stereocenters. The average molecular weight is 308 g/mol. The molecule has 5 heteroatoms. The van der Waals surface area contributed by atoms with E-state index in [0.29, 0.717) is 12.2 Å². The predicted molar refractivity (Wildman–Crippen MR) is 87.0 cm³/mol. The zero-order valence-electron chi connectivity index (χ0n) is 12.7. The fraction of sp³-hybridized carbons (Fsp3) is 0.111. The summed E-state index contributed by atoms with van der Waals surface area (Å²) in [4.78, 5) is 28.9. The standard InChI is InChI=1S/C18H16N2O3/c1-20(11-13-9-10-23-12-13)18(22)15-7-8-16(19-17(15)21)14-5-3-2-4-6-14/h2-10,12H,11H2,1H3,(H,19,21). The summed E-state index contributed by atoms with van der Waals surface area (Å²) in [6.45, 7) is 0.384. The van der Waals surface area contributed by atoms with Crippen LogP contribution in [0.5, 0.6) is 0 Å². The maximum absolute atomic E-state index is 12.4. The number of aromatic nitrogens is 1. The lowest BCUT2D eigenvalue weighted by atomic mass is 10.1. The van der Waals surface area contributed by atoms with Crippen molar-refractivity contribution in [1.82, 2.24) is 9.88 Å². The molecule has 1 aromatic carbocycles. The molecular weight excluding hydrogens is 292 g/mol. The van der Waals surface area contributed by atoms with Gasteiger partial charge in [0.05, 0.1) is 12.5 Å². The Bertz CT molecular complexity index is 851. The van der Waals surface area contributed by atoms with Gasteiger partial charge < -0.3 is 14.3 Å². The van der Waals surface area contributed by atoms with Crippen molar-refractivity contribution in [1.29, 1.82) is 0 Å². The molecular formula is C18H16N2O3. The maximum Gasteiger partial charge on any atom is 0.261 e. The molecule has 116 valence electrons. The van der Waals surface area contributed by atoms with Crippen LogP contribution in [-0.2, 0) is 6.54 Å². The number of amides is 1. The number of benzene rings is 1. The quantitative estimate of drug-likeness (QED) is 0.806. The number of H-pyrrole nitrogens is 1. The number of carbonyl (C=O) groups excluding carboxylic acids is 1. The number of pyridine rings is 1. The molecule has 0 spiro atoms. The van der Waals surface area contributed by atoms with Gasteiger partial charge in [-0.3, -0.25) is 9.59 Å². The lowest BCUT2D eigenvalue weighted by Gasteiger charge is -2.15. The van der Waals surface area contributed by atoms with E-state index < -0.39 is 5.56 Å². The van der Waals surface area contributed by atoms with E-state index in [1.165, 1.54) is 4.90 Å². The number of hydrogen-bond acceptors (Lipinski definition) is 3. The van der Waals surface area contributed by atoms with Gasteiger partial charge in [-0.25, -0.2) is 0 Å². The van der Waals surface area contributed by atoms with Crippen molar-refractivity contribution in [2.75, 3.05) is 7.05 Å². The van der Waals surface area contributed by atoms with E-state index >= 15 is 0 Å². The van der Waals surface area contributed by atoms with Crippen LogP contribution < -0.4 is 5.56 Å². The second-order valence-electron chi connectivity index (χ2n) is 5.27. The van der Waals surface area contributed by atoms with Crippen molar-refractivity contribution in [2.45, 2.75) is 6.54 Å². The van der Waals surface area contributed by atoms with Crippen molar-refractivity contribution in [3.05, 3.63) is 82.5 Å². The zero-order chi connectivity index (χ0) is 16.2. The Balaban J connectivity index is 1.83. The molecule has 1 amide bonds. The number of nitrogens with one attached hydrogen (secondary N) is 1. The maximum atomic E-state index is 12.4. The largest absolute Gasteiger partial charge is 0.472 e. The summed E-state index contributed by atoms with van der Waals surface area (Å²) in [5.41, 5.74) is 2.18. The van der Waals surface area contributed by atoms with Crippen molar-refractivity contribution >= 4 is 5.91 Å². The van der Waals surface area contributed by atoms with Crippen LogP contribution in [0, 0.1) is 0 Å². The van der Waals surface area contributed by atoms with Crippen LogP contribution in [0.3, 0.4) is 0 Å². The number of furan rings is 1. The molecule has 0 radical (unpaired) electrons. The molecule has 1 N–H and O–H groups in total. The summed E-state index contributed by atoms with van der Waals surface area (Å²) < 4.78 is 4.98. The van der Waals surface area contributed by atoms with E-state index in [4.69, 9.17) is 4.42 Å². The monoisotopic (exact) mass is 308 g/mol. The Hall–Kier alpha value is -3.08. The summed E-state index contributed by atoms with van der Waals surface area (Å²) in [5, 5.41) is 0. The molecule has 23 heavy (non-hydrogen) atoms. The summed E-state index contributed by atoms with van der Waals surface area (Å²) in [7, 11) is 1.65. The third kappa shape index (κ3) is 3.23. The van der Waals surface area contributed by atoms with Gasteiger partial charge in [-0.2, -0.15) is 0 Å². The smallest absolute Gasteiger partial charge is 0.261 e. The highest BCUT2D eigenvalue weighted by molar-refractivity contribution is 5.93. The number of carbonyl (C=O) groups is 1. The van der Waals surface area contributed by atoms with Crippen molar-refractivity contribution in [3.63, 3.8) is 0 Å². The van der Waals surface area contributed by atoms with Gasteiger partial charge in [-0.1, -0.05) is 30.3 Å². The molecule has 5 nitrogen and oxygen atoms in total. The Morgan fingerprint density at radius 2 is 1.91 bits per heavy atom. The SMILES string of the molecule is CN(Cc1ccoc1)C(=O)c1ccc(-c2ccccc2)[nH]c1=O. The number of hydrogen-bond donors (Lipinski definition) is 1. The molecule has 0 aliphatic rings. The van der Waals surface area contributed by atoms with E-state index in [0.717, 1.165) is 11.1 Å². The third-order valence-electron chi connectivity index (χ3n) is 3.57. The second kappa shape index (κ2) is 6.36. The van der Waals surface area contributed by atoms with Gasteiger partial charge in [0.1, 0.15) is 5.56 Å². The highest BCUT2D eigenvalue weighted by Gasteiger charge is 2.16. The predicted octanol–water partition coefficient (Wildman–Crippen LogP) is 2.91. The van der Waals surface area contributed by atoms with Gasteiger partial charge in [0, 0.05) is 24.8 Å². The van der Waals surface area contributed by atoms with Crippen LogP contribution in [0.2, 0.25) is 0 Å². The first-order valence-corrected chi connectivity index (χ1v) is 7.20. The minimum absolute atomic E-state index is 0.121. The zero-order valence-corrected chi connectivity index (χ0v) is 12.7. The second-order valence-corrected chi connectivity index (χ2v) is 5.27. The summed E-state index contributed by atoms with van der Waals surface area (Å²) in [6, 6.07) is 14.6. The first kappa shape index (κ1) is 14.8. The number of nitrogens with zero attached hydrogens (tertiary/aromatic N) is 1. The summed E-state index contributed by atoms with van der Waals surface area (Å²) in [6.07, 6.45) is 3.13. The molecule has 0 fully saturated rings. The highest BCUT2D eigenvalue weighted by Crippen LogP contribution is 2.15. The normalized spacial score (nSPS) is 10.5. The van der Waals surface area contributed by atoms with Crippen molar-refractivity contribution in [3.8, 4) is 11.3 Å². The van der Waals surface area contributed by atoms with Gasteiger partial charge in [-0.15, -0.1) is 0 Å². The van der Waals surface area contributed by atoms with E-state index in [1.807, 2.05) is 30.3 Å². The molecule has 0 bridgehead atoms. The molecule has 0 aliphatic heterocycles. The molecule has 2 heterocycles. The number of rotatable bonds is 4. The van der Waals surface area contributed by atoms with E-state index in [1.54, 1.807) is 37.8 Å². The van der Waals surface area contributed by atoms with Gasteiger partial charge in [0.2, 0.25) is 0 Å². The fourth-order valence-corrected chi connectivity index (χ4v) is 2.36. The molecule has 3 aromatic rings. The van der Waals surface area contributed by atoms with Gasteiger partial charge in [-0.05, 0) is 23.8 Å². The summed E-state index contributed by atoms with van der Waals surface area (Å²) >= 11 is 0. The Labute approximate surface area is 133 Å². The molecule has 0 atom stereocenters. The molecule has 0 saturated heterocycles. The van der Waals surface area contributed by atoms with E-state index in [-0.39, 0.29) is 11.5 Å². The van der Waals surface area contributed by atoms with Crippen LogP contribution in [0.1, 0.15) is 15.9 Å². The fourth-order valence-electron chi connectivity index (χ4n) is 2.36. The van der Waals surface area contributed by atoms with Crippen molar-refractivity contribution < 1.29 is 9.21 Å². The topological polar surface area (TPSA) is 66.3 Å². The highest BCUT2D eigenvalue weighted by atomic mass is 16.3. The molecule has 0 aliphatic carbocycles. The third-order valence-corrected chi connectivity index (χ3v) is 3.57.